The normalized spacial score (nSPS) is 14.2. The molecule has 0 unspecified atom stereocenters. The fourth-order valence-corrected chi connectivity index (χ4v) is 12.1. The highest BCUT2D eigenvalue weighted by Crippen LogP contribution is 2.67. The molecule has 70 heavy (non-hydrogen) atoms. The van der Waals surface area contributed by atoms with Crippen molar-refractivity contribution in [2.24, 2.45) is 0 Å². The van der Waals surface area contributed by atoms with Gasteiger partial charge >= 0.3 is 0 Å². The molecule has 0 fully saturated rings. The van der Waals surface area contributed by atoms with Gasteiger partial charge in [-0.1, -0.05) is 170 Å². The van der Waals surface area contributed by atoms with Crippen molar-refractivity contribution < 1.29 is 0 Å². The molecule has 0 saturated carbocycles. The molecule has 0 radical (unpaired) electrons. The molecule has 3 aliphatic rings. The predicted molar refractivity (Wildman–Crippen MR) is 283 cm³/mol. The molecule has 0 saturated heterocycles. The number of nitrogens with zero attached hydrogens (tertiary/aromatic N) is 5. The van der Waals surface area contributed by atoms with Gasteiger partial charge in [-0.3, -0.25) is 4.98 Å². The summed E-state index contributed by atoms with van der Waals surface area (Å²) in [5, 5.41) is 0. The zero-order valence-corrected chi connectivity index (χ0v) is 38.1. The smallest absolute Gasteiger partial charge is 0.160 e. The zero-order chi connectivity index (χ0) is 46.2. The highest BCUT2D eigenvalue weighted by atomic mass is 15.2. The summed E-state index contributed by atoms with van der Waals surface area (Å²) in [6.07, 6.45) is 3.62. The first-order valence-corrected chi connectivity index (χ1v) is 23.9. The van der Waals surface area contributed by atoms with Gasteiger partial charge in [0.15, 0.2) is 5.82 Å². The molecule has 2 aromatic heterocycles. The Hall–Kier alpha value is -9.19. The minimum atomic E-state index is -0.669. The van der Waals surface area contributed by atoms with Crippen molar-refractivity contribution in [3.05, 3.63) is 306 Å². The highest BCUT2D eigenvalue weighted by Gasteiger charge is 2.58. The van der Waals surface area contributed by atoms with Gasteiger partial charge in [-0.2, -0.15) is 0 Å². The lowest BCUT2D eigenvalue weighted by atomic mass is 9.49. The second kappa shape index (κ2) is 15.7. The van der Waals surface area contributed by atoms with E-state index in [0.717, 1.165) is 50.8 Å². The molecule has 5 heteroatoms. The summed E-state index contributed by atoms with van der Waals surface area (Å²) in [4.78, 5) is 19.5. The Morgan fingerprint density at radius 3 is 1.01 bits per heavy atom. The minimum Gasteiger partial charge on any atom is -0.310 e. The molecule has 0 amide bonds. The average molecular weight is 894 g/mol. The number of rotatable bonds is 5. The van der Waals surface area contributed by atoms with Crippen LogP contribution in [0.3, 0.4) is 0 Å². The third-order valence-corrected chi connectivity index (χ3v) is 14.8. The van der Waals surface area contributed by atoms with Crippen LogP contribution in [-0.4, -0.2) is 15.0 Å². The maximum absolute atomic E-state index is 5.15. The minimum absolute atomic E-state index is 0.634. The van der Waals surface area contributed by atoms with E-state index < -0.39 is 10.8 Å². The van der Waals surface area contributed by atoms with E-state index in [4.69, 9.17) is 9.97 Å². The van der Waals surface area contributed by atoms with E-state index in [1.54, 1.807) is 0 Å². The zero-order valence-electron chi connectivity index (χ0n) is 38.1. The van der Waals surface area contributed by atoms with Crippen LogP contribution in [0.4, 0.5) is 34.1 Å². The molecular weight excluding hydrogens is 851 g/mol. The second-order valence-corrected chi connectivity index (χ2v) is 18.3. The van der Waals surface area contributed by atoms with E-state index >= 15 is 0 Å². The van der Waals surface area contributed by atoms with Gasteiger partial charge in [-0.15, -0.1) is 0 Å². The summed E-state index contributed by atoms with van der Waals surface area (Å²) >= 11 is 0. The molecule has 1 aliphatic carbocycles. The van der Waals surface area contributed by atoms with Crippen LogP contribution in [-0.2, 0) is 10.8 Å². The van der Waals surface area contributed by atoms with Crippen LogP contribution in [0, 0.1) is 0 Å². The third-order valence-electron chi connectivity index (χ3n) is 14.8. The van der Waals surface area contributed by atoms with Gasteiger partial charge in [0.2, 0.25) is 0 Å². The summed E-state index contributed by atoms with van der Waals surface area (Å²) in [7, 11) is 0. The summed E-state index contributed by atoms with van der Waals surface area (Å²) in [6.45, 7) is 0. The van der Waals surface area contributed by atoms with Crippen molar-refractivity contribution in [3.63, 3.8) is 0 Å². The Morgan fingerprint density at radius 2 is 0.600 bits per heavy atom. The number of pyridine rings is 1. The molecule has 0 atom stereocenters. The maximum atomic E-state index is 5.15. The van der Waals surface area contributed by atoms with Crippen LogP contribution in [0.2, 0.25) is 0 Å². The van der Waals surface area contributed by atoms with Crippen molar-refractivity contribution in [2.75, 3.05) is 9.80 Å². The molecule has 2 aliphatic heterocycles. The highest BCUT2D eigenvalue weighted by molar-refractivity contribution is 5.95. The van der Waals surface area contributed by atoms with Gasteiger partial charge in [-0.05, 0) is 123 Å². The number of benzene rings is 9. The largest absolute Gasteiger partial charge is 0.310 e. The average Bonchev–Trinajstić information content (AvgIpc) is 3.45. The quantitative estimate of drug-likeness (QED) is 0.172. The van der Waals surface area contributed by atoms with Gasteiger partial charge in [0.25, 0.3) is 0 Å². The van der Waals surface area contributed by atoms with Crippen LogP contribution < -0.4 is 9.80 Å². The topological polar surface area (TPSA) is 45.2 Å². The summed E-state index contributed by atoms with van der Waals surface area (Å²) in [5.74, 6) is 0.667. The number of hydrogen-bond donors (Lipinski definition) is 0. The number of aromatic nitrogens is 3. The van der Waals surface area contributed by atoms with Crippen LogP contribution in [0.15, 0.2) is 261 Å². The summed E-state index contributed by atoms with van der Waals surface area (Å²) < 4.78 is 0. The van der Waals surface area contributed by atoms with Crippen LogP contribution in [0.25, 0.3) is 33.9 Å². The Morgan fingerprint density at radius 1 is 0.271 bits per heavy atom. The molecule has 0 N–H and O–H groups in total. The van der Waals surface area contributed by atoms with Gasteiger partial charge in [-0.25, -0.2) is 9.97 Å². The third kappa shape index (κ3) is 5.63. The van der Waals surface area contributed by atoms with Crippen molar-refractivity contribution >= 4 is 34.1 Å². The molecule has 4 heterocycles. The van der Waals surface area contributed by atoms with Crippen molar-refractivity contribution in [1.82, 2.24) is 15.0 Å². The van der Waals surface area contributed by atoms with Gasteiger partial charge in [0.05, 0.1) is 45.0 Å². The number of hydrogen-bond acceptors (Lipinski definition) is 5. The van der Waals surface area contributed by atoms with E-state index in [1.165, 1.54) is 55.9 Å². The first-order chi connectivity index (χ1) is 34.7. The Bertz CT molecular complexity index is 3590. The molecule has 2 spiro atoms. The Balaban J connectivity index is 0.973. The van der Waals surface area contributed by atoms with Crippen molar-refractivity contribution in [2.45, 2.75) is 10.8 Å². The molecule has 9 aromatic carbocycles. The summed E-state index contributed by atoms with van der Waals surface area (Å²) in [6, 6.07) is 90.8. The molecule has 0 bridgehead atoms. The first-order valence-electron chi connectivity index (χ1n) is 23.9. The second-order valence-electron chi connectivity index (χ2n) is 18.3. The van der Waals surface area contributed by atoms with Gasteiger partial charge in [0, 0.05) is 40.5 Å². The lowest BCUT2D eigenvalue weighted by Crippen LogP contribution is -2.49. The van der Waals surface area contributed by atoms with E-state index in [-0.39, 0.29) is 0 Å². The lowest BCUT2D eigenvalue weighted by molar-refractivity contribution is 0.607. The molecule has 328 valence electrons. The monoisotopic (exact) mass is 893 g/mol. The fourth-order valence-electron chi connectivity index (χ4n) is 12.1. The SMILES string of the molecule is c1ccc(-c2cc(-c3ccncc3)nc(-c3ccc(N4c5ccccc5C5(c6ccccc64)c4ccccc4C4(c6ccccc6N(c6ccccc6)c6ccccc64)c4ccccc45)cc3)n2)cc1. The van der Waals surface area contributed by atoms with Gasteiger partial charge < -0.3 is 9.80 Å². The summed E-state index contributed by atoms with van der Waals surface area (Å²) in [5.41, 5.74) is 20.3. The molecule has 11 aromatic rings. The molecule has 14 rings (SSSR count). The lowest BCUT2D eigenvalue weighted by Gasteiger charge is -2.56. The van der Waals surface area contributed by atoms with Crippen LogP contribution >= 0.6 is 0 Å². The number of anilines is 6. The van der Waals surface area contributed by atoms with Crippen molar-refractivity contribution in [3.8, 4) is 33.9 Å². The van der Waals surface area contributed by atoms with Crippen molar-refractivity contribution in [1.29, 1.82) is 0 Å². The maximum Gasteiger partial charge on any atom is 0.160 e. The van der Waals surface area contributed by atoms with Gasteiger partial charge in [0.1, 0.15) is 0 Å². The van der Waals surface area contributed by atoms with E-state index in [0.29, 0.717) is 5.82 Å². The standard InChI is InChI=1S/C65H43N5/c1-3-19-44(20-4-1)57-43-58(45-39-41-66-42-40-45)68-63(67-57)46-35-37-48(38-36-46)70-61-33-17-13-29-55(61)65(56-30-14-18-34-62(56)70)51-25-9-7-23-49(51)64(50-24-8-10-26-52(50)65)53-27-11-15-31-59(53)69(47-21-5-2-6-22-47)60-32-16-12-28-54(60)64/h1-43H. The Kier molecular flexibility index (Phi) is 8.95. The molecular formula is C65H43N5. The Labute approximate surface area is 407 Å². The number of fused-ring (bicyclic) bond motifs is 14. The van der Waals surface area contributed by atoms with E-state index in [9.17, 15) is 0 Å². The van der Waals surface area contributed by atoms with E-state index in [1.807, 2.05) is 42.7 Å². The predicted octanol–water partition coefficient (Wildman–Crippen LogP) is 15.5. The fraction of sp³-hybridized carbons (Fsp3) is 0.0308. The van der Waals surface area contributed by atoms with E-state index in [2.05, 4.69) is 233 Å². The van der Waals surface area contributed by atoms with Crippen LogP contribution in [0.1, 0.15) is 44.5 Å². The molecule has 5 nitrogen and oxygen atoms in total. The number of para-hydroxylation sites is 5. The van der Waals surface area contributed by atoms with Crippen LogP contribution in [0.5, 0.6) is 0 Å². The first kappa shape index (κ1) is 39.9.